The zero-order valence-electron chi connectivity index (χ0n) is 24.5. The van der Waals surface area contributed by atoms with Gasteiger partial charge in [0.05, 0.1) is 11.1 Å². The second-order valence-electron chi connectivity index (χ2n) is 10.5. The molecule has 0 aliphatic carbocycles. The largest absolute Gasteiger partial charge is 0.384 e. The first-order chi connectivity index (χ1) is 20.9. The Morgan fingerprint density at radius 3 is 2.56 bits per heavy atom. The Morgan fingerprint density at radius 1 is 1.09 bits per heavy atom. The van der Waals surface area contributed by atoms with Crippen molar-refractivity contribution in [1.29, 1.82) is 0 Å². The van der Waals surface area contributed by atoms with E-state index in [4.69, 9.17) is 10.7 Å². The second kappa shape index (κ2) is 13.4. The van der Waals surface area contributed by atoms with Crippen LogP contribution in [0.25, 0.3) is 22.3 Å². The maximum atomic E-state index is 13.4. The van der Waals surface area contributed by atoms with Gasteiger partial charge < -0.3 is 31.2 Å². The van der Waals surface area contributed by atoms with E-state index >= 15 is 0 Å². The number of rotatable bonds is 9. The van der Waals surface area contributed by atoms with Gasteiger partial charge in [-0.25, -0.2) is 9.78 Å². The van der Waals surface area contributed by atoms with E-state index < -0.39 is 11.3 Å². The molecular formula is C31H37N9O3. The summed E-state index contributed by atoms with van der Waals surface area (Å²) >= 11 is 0. The second-order valence-corrected chi connectivity index (χ2v) is 10.5. The average molecular weight is 584 g/mol. The van der Waals surface area contributed by atoms with E-state index in [1.165, 1.54) is 0 Å². The smallest absolute Gasteiger partial charge is 0.321 e. The third-order valence-corrected chi connectivity index (χ3v) is 7.54. The van der Waals surface area contributed by atoms with Crippen molar-refractivity contribution in [3.63, 3.8) is 0 Å². The van der Waals surface area contributed by atoms with E-state index in [0.717, 1.165) is 37.3 Å². The number of amides is 3. The van der Waals surface area contributed by atoms with Gasteiger partial charge in [0.25, 0.3) is 5.91 Å². The zero-order chi connectivity index (χ0) is 30.3. The minimum atomic E-state index is -0.477. The predicted molar refractivity (Wildman–Crippen MR) is 168 cm³/mol. The number of nitrogens with two attached hydrogens (primary N) is 1. The number of carbonyl (C=O) groups excluding carboxylic acids is 2. The third-order valence-electron chi connectivity index (χ3n) is 7.54. The Hall–Kier alpha value is -4.81. The molecule has 0 radical (unpaired) electrons. The van der Waals surface area contributed by atoms with Crippen LogP contribution < -0.4 is 27.1 Å². The Bertz CT molecular complexity index is 1650. The number of pyridine rings is 3. The fourth-order valence-electron chi connectivity index (χ4n) is 5.16. The number of aromatic nitrogens is 3. The highest BCUT2D eigenvalue weighted by atomic mass is 16.2. The van der Waals surface area contributed by atoms with Crippen LogP contribution in [0.3, 0.4) is 0 Å². The topological polar surface area (TPSA) is 151 Å². The van der Waals surface area contributed by atoms with Crippen LogP contribution in [0.15, 0.2) is 65.7 Å². The molecule has 4 heterocycles. The molecule has 224 valence electrons. The number of anilines is 2. The van der Waals surface area contributed by atoms with E-state index in [9.17, 15) is 14.4 Å². The van der Waals surface area contributed by atoms with Gasteiger partial charge >= 0.3 is 6.03 Å². The molecule has 0 spiro atoms. The average Bonchev–Trinajstić information content (AvgIpc) is 3.02. The van der Waals surface area contributed by atoms with Gasteiger partial charge in [0.1, 0.15) is 17.0 Å². The van der Waals surface area contributed by atoms with E-state index in [-0.39, 0.29) is 17.4 Å². The molecule has 12 heteroatoms. The Morgan fingerprint density at radius 2 is 1.86 bits per heavy atom. The van der Waals surface area contributed by atoms with E-state index in [1.54, 1.807) is 53.2 Å². The Labute approximate surface area is 249 Å². The van der Waals surface area contributed by atoms with Crippen molar-refractivity contribution in [1.82, 2.24) is 35.0 Å². The lowest BCUT2D eigenvalue weighted by atomic mass is 10.1. The van der Waals surface area contributed by atoms with Gasteiger partial charge in [-0.1, -0.05) is 18.2 Å². The molecule has 3 amide bonds. The van der Waals surface area contributed by atoms with Crippen LogP contribution in [0.1, 0.15) is 22.8 Å². The molecule has 1 fully saturated rings. The van der Waals surface area contributed by atoms with Crippen molar-refractivity contribution in [2.75, 3.05) is 57.4 Å². The SMILES string of the molecule is CCn1c(N)c(C(=O)NCCN2CCNCC2)c(=O)c2ccc(-c3ccc(NC(=O)N(C)Cc4cccnc4)cc3)nc21. The molecule has 5 rings (SSSR count). The molecule has 0 unspecified atom stereocenters. The van der Waals surface area contributed by atoms with Gasteiger partial charge in [-0.2, -0.15) is 0 Å². The number of nitrogen functional groups attached to an aromatic ring is 1. The summed E-state index contributed by atoms with van der Waals surface area (Å²) in [5.41, 5.74) is 9.31. The number of nitrogens with zero attached hydrogens (tertiary/aromatic N) is 5. The molecule has 43 heavy (non-hydrogen) atoms. The van der Waals surface area contributed by atoms with Gasteiger partial charge in [0.2, 0.25) is 5.43 Å². The standard InChI is InChI=1S/C31H37N9O3/c1-3-40-28(32)26(30(42)35-15-18-39-16-13-33-14-17-39)27(41)24-10-11-25(37-29(24)40)22-6-8-23(9-7-22)36-31(43)38(2)20-21-5-4-12-34-19-21/h4-12,19,33H,3,13-18,20,32H2,1-2H3,(H,35,42)(H,36,43). The molecule has 12 nitrogen and oxygen atoms in total. The molecule has 1 aromatic carbocycles. The monoisotopic (exact) mass is 583 g/mol. The number of urea groups is 1. The summed E-state index contributed by atoms with van der Waals surface area (Å²) in [5.74, 6) is -0.382. The molecule has 0 atom stereocenters. The van der Waals surface area contributed by atoms with Gasteiger partial charge in [-0.15, -0.1) is 0 Å². The lowest BCUT2D eigenvalue weighted by Crippen LogP contribution is -2.46. The first kappa shape index (κ1) is 29.7. The minimum Gasteiger partial charge on any atom is -0.384 e. The fraction of sp³-hybridized carbons (Fsp3) is 0.323. The first-order valence-electron chi connectivity index (χ1n) is 14.4. The van der Waals surface area contributed by atoms with Crippen LogP contribution in [-0.4, -0.2) is 82.6 Å². The maximum Gasteiger partial charge on any atom is 0.321 e. The summed E-state index contributed by atoms with van der Waals surface area (Å²) < 4.78 is 1.69. The number of benzene rings is 1. The summed E-state index contributed by atoms with van der Waals surface area (Å²) in [6.07, 6.45) is 3.42. The molecule has 4 aromatic rings. The molecule has 1 aliphatic heterocycles. The van der Waals surface area contributed by atoms with E-state index in [1.807, 2.05) is 31.2 Å². The van der Waals surface area contributed by atoms with Gasteiger partial charge in [-0.05, 0) is 42.8 Å². The van der Waals surface area contributed by atoms with Crippen LogP contribution in [0, 0.1) is 0 Å². The van der Waals surface area contributed by atoms with Crippen molar-refractivity contribution in [3.8, 4) is 11.3 Å². The summed E-state index contributed by atoms with van der Waals surface area (Å²) in [6.45, 7) is 7.58. The molecule has 5 N–H and O–H groups in total. The van der Waals surface area contributed by atoms with Crippen LogP contribution >= 0.6 is 0 Å². The van der Waals surface area contributed by atoms with Crippen LogP contribution in [0.2, 0.25) is 0 Å². The summed E-state index contributed by atoms with van der Waals surface area (Å²) in [4.78, 5) is 51.9. The molecule has 0 bridgehead atoms. The third kappa shape index (κ3) is 6.82. The Kier molecular flexibility index (Phi) is 9.28. The van der Waals surface area contributed by atoms with Crippen molar-refractivity contribution in [2.45, 2.75) is 20.0 Å². The van der Waals surface area contributed by atoms with Gasteiger partial charge in [0.15, 0.2) is 0 Å². The van der Waals surface area contributed by atoms with Crippen LogP contribution in [0.4, 0.5) is 16.3 Å². The summed E-state index contributed by atoms with van der Waals surface area (Å²) in [7, 11) is 1.72. The molecule has 1 aliphatic rings. The van der Waals surface area contributed by atoms with Crippen LogP contribution in [-0.2, 0) is 13.1 Å². The molecule has 3 aromatic heterocycles. The van der Waals surface area contributed by atoms with Gasteiger partial charge in [-0.3, -0.25) is 19.5 Å². The minimum absolute atomic E-state index is 0.0576. The number of nitrogens with one attached hydrogen (secondary N) is 3. The van der Waals surface area contributed by atoms with Crippen LogP contribution in [0.5, 0.6) is 0 Å². The summed E-state index contributed by atoms with van der Waals surface area (Å²) in [6, 6.07) is 14.2. The number of hydrogen-bond acceptors (Lipinski definition) is 8. The maximum absolute atomic E-state index is 13.4. The number of piperazine rings is 1. The van der Waals surface area contributed by atoms with Crippen molar-refractivity contribution < 1.29 is 9.59 Å². The quantitative estimate of drug-likeness (QED) is 0.235. The molecular weight excluding hydrogens is 546 g/mol. The highest BCUT2D eigenvalue weighted by Crippen LogP contribution is 2.24. The molecule has 0 saturated carbocycles. The highest BCUT2D eigenvalue weighted by Gasteiger charge is 2.22. The van der Waals surface area contributed by atoms with Crippen molar-refractivity contribution >= 4 is 34.5 Å². The lowest BCUT2D eigenvalue weighted by molar-refractivity contribution is 0.0946. The molecule has 1 saturated heterocycles. The normalized spacial score (nSPS) is 13.5. The fourth-order valence-corrected chi connectivity index (χ4v) is 5.16. The van der Waals surface area contributed by atoms with Crippen molar-refractivity contribution in [2.24, 2.45) is 0 Å². The zero-order valence-corrected chi connectivity index (χ0v) is 24.5. The van der Waals surface area contributed by atoms with Crippen molar-refractivity contribution in [3.05, 3.63) is 82.3 Å². The van der Waals surface area contributed by atoms with E-state index in [0.29, 0.717) is 48.6 Å². The summed E-state index contributed by atoms with van der Waals surface area (Å²) in [5, 5.41) is 9.39. The van der Waals surface area contributed by atoms with E-state index in [2.05, 4.69) is 25.8 Å². The number of hydrogen-bond donors (Lipinski definition) is 4. The number of carbonyl (C=O) groups is 2. The first-order valence-corrected chi connectivity index (χ1v) is 14.4. The van der Waals surface area contributed by atoms with Gasteiger partial charge in [0, 0.05) is 83.1 Å². The Balaban J connectivity index is 1.31. The number of aryl methyl sites for hydroxylation is 1. The highest BCUT2D eigenvalue weighted by molar-refractivity contribution is 6.01. The lowest BCUT2D eigenvalue weighted by Gasteiger charge is -2.27. The number of fused-ring (bicyclic) bond motifs is 1. The predicted octanol–water partition coefficient (Wildman–Crippen LogP) is 2.36.